The standard InChI is InChI=1S/C6H6F4O3/c1-3(7)5(12)13-4(11)2-6(8,9)10/h3H,2H2,1H3. The fourth-order valence-corrected chi connectivity index (χ4v) is 0.393. The predicted molar refractivity (Wildman–Crippen MR) is 32.3 cm³/mol. The van der Waals surface area contributed by atoms with E-state index < -0.39 is 30.7 Å². The van der Waals surface area contributed by atoms with Gasteiger partial charge in [0.1, 0.15) is 6.42 Å². The molecule has 0 rings (SSSR count). The number of halogens is 4. The first kappa shape index (κ1) is 11.9. The van der Waals surface area contributed by atoms with E-state index in [9.17, 15) is 27.2 Å². The highest BCUT2D eigenvalue weighted by Crippen LogP contribution is 2.19. The van der Waals surface area contributed by atoms with Crippen molar-refractivity contribution in [1.29, 1.82) is 0 Å². The van der Waals surface area contributed by atoms with Gasteiger partial charge in [-0.25, -0.2) is 9.18 Å². The molecule has 0 bridgehead atoms. The van der Waals surface area contributed by atoms with Crippen LogP contribution in [0.15, 0.2) is 0 Å². The maximum absolute atomic E-state index is 12.0. The minimum atomic E-state index is -4.75. The molecule has 76 valence electrons. The molecule has 0 aromatic heterocycles. The van der Waals surface area contributed by atoms with Gasteiger partial charge in [-0.3, -0.25) is 4.79 Å². The number of carbonyl (C=O) groups excluding carboxylic acids is 2. The van der Waals surface area contributed by atoms with Crippen molar-refractivity contribution >= 4 is 11.9 Å². The maximum Gasteiger partial charge on any atom is 0.399 e. The summed E-state index contributed by atoms with van der Waals surface area (Å²) in [5, 5.41) is 0. The van der Waals surface area contributed by atoms with Gasteiger partial charge in [0.25, 0.3) is 0 Å². The molecule has 0 aromatic rings. The lowest BCUT2D eigenvalue weighted by molar-refractivity contribution is -0.178. The molecule has 0 saturated heterocycles. The van der Waals surface area contributed by atoms with Gasteiger partial charge in [0.05, 0.1) is 0 Å². The molecule has 3 nitrogen and oxygen atoms in total. The zero-order valence-corrected chi connectivity index (χ0v) is 6.52. The van der Waals surface area contributed by atoms with Crippen LogP contribution in [0.1, 0.15) is 13.3 Å². The Morgan fingerprint density at radius 1 is 1.38 bits per heavy atom. The SMILES string of the molecule is CC(F)C(=O)OC(=O)CC(F)(F)F. The van der Waals surface area contributed by atoms with E-state index in [4.69, 9.17) is 0 Å². The topological polar surface area (TPSA) is 43.4 Å². The lowest BCUT2D eigenvalue weighted by atomic mass is 10.4. The monoisotopic (exact) mass is 202 g/mol. The van der Waals surface area contributed by atoms with E-state index in [1.165, 1.54) is 0 Å². The second-order valence-electron chi connectivity index (χ2n) is 2.20. The number of hydrogen-bond donors (Lipinski definition) is 0. The van der Waals surface area contributed by atoms with Crippen molar-refractivity contribution in [3.05, 3.63) is 0 Å². The molecule has 7 heteroatoms. The first-order valence-corrected chi connectivity index (χ1v) is 3.17. The average molecular weight is 202 g/mol. The Morgan fingerprint density at radius 2 is 1.85 bits per heavy atom. The van der Waals surface area contributed by atoms with Gasteiger partial charge in [0, 0.05) is 0 Å². The van der Waals surface area contributed by atoms with E-state index in [1.54, 1.807) is 0 Å². The van der Waals surface area contributed by atoms with Gasteiger partial charge in [0.2, 0.25) is 0 Å². The summed E-state index contributed by atoms with van der Waals surface area (Å²) in [7, 11) is 0. The first-order valence-electron chi connectivity index (χ1n) is 3.17. The molecule has 0 amide bonds. The molecule has 1 atom stereocenters. The molecule has 0 spiro atoms. The van der Waals surface area contributed by atoms with Gasteiger partial charge in [0.15, 0.2) is 6.17 Å². The Hall–Kier alpha value is -1.14. The highest BCUT2D eigenvalue weighted by Gasteiger charge is 2.33. The lowest BCUT2D eigenvalue weighted by Crippen LogP contribution is -2.24. The zero-order chi connectivity index (χ0) is 10.6. The largest absolute Gasteiger partial charge is 0.399 e. The van der Waals surface area contributed by atoms with Gasteiger partial charge in [-0.2, -0.15) is 13.2 Å². The molecule has 0 saturated carbocycles. The van der Waals surface area contributed by atoms with Crippen LogP contribution in [-0.4, -0.2) is 24.3 Å². The number of esters is 2. The molecule has 0 heterocycles. The Kier molecular flexibility index (Phi) is 3.83. The normalized spacial score (nSPS) is 13.6. The van der Waals surface area contributed by atoms with Crippen LogP contribution in [0.4, 0.5) is 17.6 Å². The summed E-state index contributed by atoms with van der Waals surface area (Å²) >= 11 is 0. The third-order valence-corrected chi connectivity index (χ3v) is 0.884. The molecular weight excluding hydrogens is 196 g/mol. The van der Waals surface area contributed by atoms with Crippen LogP contribution >= 0.6 is 0 Å². The number of rotatable bonds is 2. The second-order valence-corrected chi connectivity index (χ2v) is 2.20. The number of carbonyl (C=O) groups is 2. The van der Waals surface area contributed by atoms with E-state index in [1.807, 2.05) is 0 Å². The van der Waals surface area contributed by atoms with E-state index in [0.717, 1.165) is 6.92 Å². The summed E-state index contributed by atoms with van der Waals surface area (Å²) in [6.45, 7) is 0.753. The van der Waals surface area contributed by atoms with Crippen LogP contribution in [0.5, 0.6) is 0 Å². The molecule has 0 radical (unpaired) electrons. The molecule has 0 N–H and O–H groups in total. The van der Waals surface area contributed by atoms with E-state index >= 15 is 0 Å². The molecule has 0 aliphatic rings. The third-order valence-electron chi connectivity index (χ3n) is 0.884. The lowest BCUT2D eigenvalue weighted by Gasteiger charge is -2.05. The molecule has 13 heavy (non-hydrogen) atoms. The van der Waals surface area contributed by atoms with Crippen molar-refractivity contribution < 1.29 is 31.9 Å². The molecule has 0 fully saturated rings. The Morgan fingerprint density at radius 3 is 2.15 bits per heavy atom. The Balaban J connectivity index is 3.96. The van der Waals surface area contributed by atoms with Crippen LogP contribution in [0.3, 0.4) is 0 Å². The predicted octanol–water partition coefficient (Wildman–Crippen LogP) is 1.37. The van der Waals surface area contributed by atoms with Crippen LogP contribution in [0.2, 0.25) is 0 Å². The van der Waals surface area contributed by atoms with Crippen LogP contribution in [-0.2, 0) is 14.3 Å². The molecule has 0 aliphatic carbocycles. The van der Waals surface area contributed by atoms with Crippen LogP contribution < -0.4 is 0 Å². The zero-order valence-electron chi connectivity index (χ0n) is 6.52. The number of hydrogen-bond acceptors (Lipinski definition) is 3. The van der Waals surface area contributed by atoms with Crippen molar-refractivity contribution in [2.24, 2.45) is 0 Å². The van der Waals surface area contributed by atoms with Crippen molar-refractivity contribution in [2.45, 2.75) is 25.7 Å². The molecule has 0 aliphatic heterocycles. The number of ether oxygens (including phenoxy) is 1. The van der Waals surface area contributed by atoms with Crippen LogP contribution in [0, 0.1) is 0 Å². The fraction of sp³-hybridized carbons (Fsp3) is 0.667. The van der Waals surface area contributed by atoms with Gasteiger partial charge in [-0.05, 0) is 6.92 Å². The highest BCUT2D eigenvalue weighted by molar-refractivity contribution is 5.87. The van der Waals surface area contributed by atoms with E-state index in [0.29, 0.717) is 0 Å². The smallest absolute Gasteiger partial charge is 0.391 e. The minimum Gasteiger partial charge on any atom is -0.391 e. The summed E-state index contributed by atoms with van der Waals surface area (Å²) < 4.78 is 49.9. The second kappa shape index (κ2) is 4.20. The minimum absolute atomic E-state index is 0.753. The van der Waals surface area contributed by atoms with Crippen LogP contribution in [0.25, 0.3) is 0 Å². The van der Waals surface area contributed by atoms with Gasteiger partial charge in [-0.1, -0.05) is 0 Å². The molecule has 0 aromatic carbocycles. The average Bonchev–Trinajstić information content (AvgIpc) is 1.81. The highest BCUT2D eigenvalue weighted by atomic mass is 19.4. The fourth-order valence-electron chi connectivity index (χ4n) is 0.393. The van der Waals surface area contributed by atoms with E-state index in [-0.39, 0.29) is 0 Å². The third kappa shape index (κ3) is 6.06. The quantitative estimate of drug-likeness (QED) is 0.386. The summed E-state index contributed by atoms with van der Waals surface area (Å²) in [4.78, 5) is 20.5. The van der Waals surface area contributed by atoms with Gasteiger partial charge in [-0.15, -0.1) is 0 Å². The summed E-state index contributed by atoms with van der Waals surface area (Å²) in [5.74, 6) is -3.42. The maximum atomic E-state index is 12.0. The Labute approximate surface area is 70.7 Å². The van der Waals surface area contributed by atoms with Crippen molar-refractivity contribution in [3.63, 3.8) is 0 Å². The summed E-state index contributed by atoms with van der Waals surface area (Å²) in [6, 6.07) is 0. The van der Waals surface area contributed by atoms with Crippen molar-refractivity contribution in [2.75, 3.05) is 0 Å². The van der Waals surface area contributed by atoms with E-state index in [2.05, 4.69) is 4.74 Å². The molecule has 1 unspecified atom stereocenters. The molecular formula is C6H6F4O3. The van der Waals surface area contributed by atoms with Crippen molar-refractivity contribution in [3.8, 4) is 0 Å². The van der Waals surface area contributed by atoms with Gasteiger partial charge < -0.3 is 4.74 Å². The Bertz CT molecular complexity index is 208. The van der Waals surface area contributed by atoms with Gasteiger partial charge >= 0.3 is 18.1 Å². The summed E-state index contributed by atoms with van der Waals surface area (Å²) in [5.41, 5.74) is 0. The summed E-state index contributed by atoms with van der Waals surface area (Å²) in [6.07, 6.45) is -8.76. The number of alkyl halides is 4. The van der Waals surface area contributed by atoms with Crippen molar-refractivity contribution in [1.82, 2.24) is 0 Å². The first-order chi connectivity index (χ1) is 5.72.